The molecule has 0 fully saturated rings. The van der Waals surface area contributed by atoms with Crippen molar-refractivity contribution in [3.05, 3.63) is 28.3 Å². The van der Waals surface area contributed by atoms with Crippen LogP contribution < -0.4 is 20.3 Å². The molecule has 0 saturated heterocycles. The lowest BCUT2D eigenvalue weighted by molar-refractivity contribution is -0.122. The number of benzene rings is 1. The molecule has 154 valence electrons. The van der Waals surface area contributed by atoms with E-state index in [1.54, 1.807) is 12.1 Å². The number of carbonyl (C=O) groups excluding carboxylic acids is 1. The van der Waals surface area contributed by atoms with E-state index in [4.69, 9.17) is 9.47 Å². The largest absolute Gasteiger partial charge is 0.493 e. The number of carbonyl (C=O) groups is 1. The molecule has 0 saturated carbocycles. The lowest BCUT2D eigenvalue weighted by Crippen LogP contribution is -2.38. The number of aromatic nitrogens is 2. The molecule has 1 amide bonds. The zero-order chi connectivity index (χ0) is 20.7. The van der Waals surface area contributed by atoms with E-state index in [0.717, 1.165) is 6.42 Å². The van der Waals surface area contributed by atoms with E-state index >= 15 is 0 Å². The Morgan fingerprint density at radius 2 is 1.93 bits per heavy atom. The Morgan fingerprint density at radius 3 is 2.54 bits per heavy atom. The van der Waals surface area contributed by atoms with E-state index in [-0.39, 0.29) is 18.0 Å². The Bertz CT molecular complexity index is 863. The van der Waals surface area contributed by atoms with Crippen molar-refractivity contribution in [3.8, 4) is 11.5 Å². The summed E-state index contributed by atoms with van der Waals surface area (Å²) in [6, 6.07) is 3.30. The fourth-order valence-corrected chi connectivity index (χ4v) is 2.84. The van der Waals surface area contributed by atoms with Gasteiger partial charge in [0.05, 0.1) is 38.2 Å². The SMILES string of the molecule is CCN(CC(=O)NCCC(C)C)Cc1nc2cc(OC)c(OC)cc2c(=O)[nH]1. The highest BCUT2D eigenvalue weighted by Gasteiger charge is 2.14. The average Bonchev–Trinajstić information content (AvgIpc) is 2.66. The Labute approximate surface area is 165 Å². The predicted octanol–water partition coefficient (Wildman–Crippen LogP) is 1.92. The summed E-state index contributed by atoms with van der Waals surface area (Å²) in [7, 11) is 3.06. The maximum absolute atomic E-state index is 12.5. The molecule has 0 unspecified atom stereocenters. The van der Waals surface area contributed by atoms with Crippen molar-refractivity contribution in [1.82, 2.24) is 20.2 Å². The molecule has 28 heavy (non-hydrogen) atoms. The van der Waals surface area contributed by atoms with Gasteiger partial charge >= 0.3 is 0 Å². The quantitative estimate of drug-likeness (QED) is 0.643. The average molecular weight is 390 g/mol. The molecule has 0 spiro atoms. The van der Waals surface area contributed by atoms with Crippen molar-refractivity contribution in [1.29, 1.82) is 0 Å². The number of aromatic amines is 1. The molecule has 1 heterocycles. The van der Waals surface area contributed by atoms with Crippen molar-refractivity contribution in [3.63, 3.8) is 0 Å². The highest BCUT2D eigenvalue weighted by Crippen LogP contribution is 2.29. The maximum Gasteiger partial charge on any atom is 0.258 e. The first-order chi connectivity index (χ1) is 13.4. The van der Waals surface area contributed by atoms with Gasteiger partial charge in [-0.1, -0.05) is 20.8 Å². The topological polar surface area (TPSA) is 96.6 Å². The molecule has 0 bridgehead atoms. The molecule has 2 rings (SSSR count). The second-order valence-electron chi connectivity index (χ2n) is 7.07. The molecule has 2 aromatic rings. The van der Waals surface area contributed by atoms with Gasteiger partial charge in [-0.25, -0.2) is 4.98 Å². The van der Waals surface area contributed by atoms with Gasteiger partial charge in [0.1, 0.15) is 5.82 Å². The molecule has 1 aromatic carbocycles. The van der Waals surface area contributed by atoms with Crippen LogP contribution in [0.5, 0.6) is 11.5 Å². The monoisotopic (exact) mass is 390 g/mol. The number of rotatable bonds is 10. The summed E-state index contributed by atoms with van der Waals surface area (Å²) in [5.41, 5.74) is 0.271. The number of ether oxygens (including phenoxy) is 2. The second kappa shape index (κ2) is 10.1. The zero-order valence-electron chi connectivity index (χ0n) is 17.3. The molecule has 0 atom stereocenters. The van der Waals surface area contributed by atoms with Gasteiger partial charge in [0.2, 0.25) is 5.91 Å². The minimum atomic E-state index is -0.251. The van der Waals surface area contributed by atoms with Crippen molar-refractivity contribution in [2.24, 2.45) is 5.92 Å². The van der Waals surface area contributed by atoms with Crippen LogP contribution >= 0.6 is 0 Å². The third-order valence-corrected chi connectivity index (χ3v) is 4.49. The van der Waals surface area contributed by atoms with Gasteiger partial charge in [-0.15, -0.1) is 0 Å². The molecule has 8 nitrogen and oxygen atoms in total. The van der Waals surface area contributed by atoms with Gasteiger partial charge in [-0.3, -0.25) is 14.5 Å². The van der Waals surface area contributed by atoms with Crippen LogP contribution in [0.25, 0.3) is 10.9 Å². The lowest BCUT2D eigenvalue weighted by atomic mass is 10.1. The molecule has 1 aromatic heterocycles. The number of H-pyrrole nitrogens is 1. The van der Waals surface area contributed by atoms with Crippen LogP contribution in [0, 0.1) is 5.92 Å². The zero-order valence-corrected chi connectivity index (χ0v) is 17.3. The smallest absolute Gasteiger partial charge is 0.258 e. The van der Waals surface area contributed by atoms with Crippen molar-refractivity contribution < 1.29 is 14.3 Å². The fraction of sp³-hybridized carbons (Fsp3) is 0.550. The summed E-state index contributed by atoms with van der Waals surface area (Å²) in [5.74, 6) is 2.00. The van der Waals surface area contributed by atoms with Crippen LogP contribution in [0.15, 0.2) is 16.9 Å². The van der Waals surface area contributed by atoms with Crippen molar-refractivity contribution in [2.75, 3.05) is 33.9 Å². The molecular formula is C20H30N4O4. The van der Waals surface area contributed by atoms with Crippen molar-refractivity contribution >= 4 is 16.8 Å². The number of likely N-dealkylation sites (N-methyl/N-ethyl adjacent to an activating group) is 1. The van der Waals surface area contributed by atoms with E-state index in [1.807, 2.05) is 11.8 Å². The highest BCUT2D eigenvalue weighted by molar-refractivity contribution is 5.82. The van der Waals surface area contributed by atoms with Crippen LogP contribution in [0.2, 0.25) is 0 Å². The Morgan fingerprint density at radius 1 is 1.25 bits per heavy atom. The van der Waals surface area contributed by atoms with E-state index in [1.165, 1.54) is 14.2 Å². The minimum Gasteiger partial charge on any atom is -0.493 e. The van der Waals surface area contributed by atoms with Gasteiger partial charge in [0.15, 0.2) is 11.5 Å². The molecule has 2 N–H and O–H groups in total. The second-order valence-corrected chi connectivity index (χ2v) is 7.07. The number of hydrogen-bond acceptors (Lipinski definition) is 6. The normalized spacial score (nSPS) is 11.2. The number of nitrogens with one attached hydrogen (secondary N) is 2. The summed E-state index contributed by atoms with van der Waals surface area (Å²) >= 11 is 0. The minimum absolute atomic E-state index is 0.0305. The predicted molar refractivity (Wildman–Crippen MR) is 109 cm³/mol. The number of nitrogens with zero attached hydrogens (tertiary/aromatic N) is 2. The standard InChI is InChI=1S/C20H30N4O4/c1-6-24(12-19(25)21-8-7-13(2)3)11-18-22-15-10-17(28-5)16(27-4)9-14(15)20(26)23-18/h9-10,13H,6-8,11-12H2,1-5H3,(H,21,25)(H,22,23,26). The van der Waals surface area contributed by atoms with Gasteiger partial charge in [0, 0.05) is 12.6 Å². The van der Waals surface area contributed by atoms with E-state index in [0.29, 0.717) is 53.8 Å². The van der Waals surface area contributed by atoms with E-state index in [2.05, 4.69) is 29.1 Å². The van der Waals surface area contributed by atoms with Crippen LogP contribution in [0.3, 0.4) is 0 Å². The Balaban J connectivity index is 2.15. The summed E-state index contributed by atoms with van der Waals surface area (Å²) in [5, 5.41) is 3.36. The van der Waals surface area contributed by atoms with Gasteiger partial charge < -0.3 is 19.8 Å². The van der Waals surface area contributed by atoms with Crippen LogP contribution in [0.1, 0.15) is 33.0 Å². The lowest BCUT2D eigenvalue weighted by Gasteiger charge is -2.19. The number of hydrogen-bond donors (Lipinski definition) is 2. The van der Waals surface area contributed by atoms with Crippen LogP contribution in [-0.2, 0) is 11.3 Å². The summed E-state index contributed by atoms with van der Waals surface area (Å²) in [4.78, 5) is 33.9. The molecule has 0 aliphatic carbocycles. The Kier molecular flexibility index (Phi) is 7.80. The molecule has 0 aliphatic rings. The molecule has 0 aliphatic heterocycles. The summed E-state index contributed by atoms with van der Waals surface area (Å²) in [6.07, 6.45) is 0.947. The maximum atomic E-state index is 12.5. The molecule has 0 radical (unpaired) electrons. The van der Waals surface area contributed by atoms with E-state index < -0.39 is 0 Å². The van der Waals surface area contributed by atoms with Gasteiger partial charge in [-0.05, 0) is 24.9 Å². The van der Waals surface area contributed by atoms with Crippen LogP contribution in [0.4, 0.5) is 0 Å². The van der Waals surface area contributed by atoms with Crippen molar-refractivity contribution in [2.45, 2.75) is 33.7 Å². The van der Waals surface area contributed by atoms with E-state index in [9.17, 15) is 9.59 Å². The van der Waals surface area contributed by atoms with Crippen LogP contribution in [-0.4, -0.2) is 54.6 Å². The summed E-state index contributed by atoms with van der Waals surface area (Å²) in [6.45, 7) is 8.16. The third-order valence-electron chi connectivity index (χ3n) is 4.49. The first kappa shape index (κ1) is 21.7. The van der Waals surface area contributed by atoms with Gasteiger partial charge in [0.25, 0.3) is 5.56 Å². The Hall–Kier alpha value is -2.61. The number of methoxy groups -OCH3 is 2. The molecule has 8 heteroatoms. The third kappa shape index (κ3) is 5.69. The number of fused-ring (bicyclic) bond motifs is 1. The molecular weight excluding hydrogens is 360 g/mol. The highest BCUT2D eigenvalue weighted by atomic mass is 16.5. The van der Waals surface area contributed by atoms with Gasteiger partial charge in [-0.2, -0.15) is 0 Å². The fourth-order valence-electron chi connectivity index (χ4n) is 2.84. The first-order valence-electron chi connectivity index (χ1n) is 9.51. The number of amides is 1. The first-order valence-corrected chi connectivity index (χ1v) is 9.51. The summed E-state index contributed by atoms with van der Waals surface area (Å²) < 4.78 is 10.5.